The normalized spacial score (nSPS) is 11.8. The molecule has 0 aliphatic carbocycles. The fourth-order valence-corrected chi connectivity index (χ4v) is 2.01. The zero-order chi connectivity index (χ0) is 13.4. The van der Waals surface area contributed by atoms with Crippen molar-refractivity contribution < 1.29 is 4.79 Å². The van der Waals surface area contributed by atoms with Gasteiger partial charge in [-0.1, -0.05) is 55.9 Å². The van der Waals surface area contributed by atoms with Crippen molar-refractivity contribution in [2.75, 3.05) is 6.54 Å². The molecule has 1 amide bonds. The van der Waals surface area contributed by atoms with E-state index in [9.17, 15) is 4.79 Å². The number of benzene rings is 1. The number of carbonyl (C=O) groups excluding carboxylic acids is 1. The number of thiocarbonyl (C=S) groups is 1. The van der Waals surface area contributed by atoms with Crippen molar-refractivity contribution in [1.29, 1.82) is 0 Å². The van der Waals surface area contributed by atoms with Crippen molar-refractivity contribution in [3.8, 4) is 0 Å². The monoisotopic (exact) mass is 264 g/mol. The van der Waals surface area contributed by atoms with Gasteiger partial charge in [-0.2, -0.15) is 0 Å². The number of hydrogen-bond donors (Lipinski definition) is 2. The van der Waals surface area contributed by atoms with Crippen LogP contribution in [-0.4, -0.2) is 17.4 Å². The zero-order valence-corrected chi connectivity index (χ0v) is 11.5. The lowest BCUT2D eigenvalue weighted by Gasteiger charge is -2.14. The van der Waals surface area contributed by atoms with Crippen LogP contribution in [0.15, 0.2) is 30.3 Å². The highest BCUT2D eigenvalue weighted by Gasteiger charge is 2.19. The highest BCUT2D eigenvalue weighted by molar-refractivity contribution is 7.80. The predicted octanol–water partition coefficient (Wildman–Crippen LogP) is 2.05. The van der Waals surface area contributed by atoms with Gasteiger partial charge >= 0.3 is 0 Å². The molecule has 4 heteroatoms. The quantitative estimate of drug-likeness (QED) is 0.741. The summed E-state index contributed by atoms with van der Waals surface area (Å²) in [6, 6.07) is 10.1. The Kier molecular flexibility index (Phi) is 6.36. The van der Waals surface area contributed by atoms with Gasteiger partial charge in [0.2, 0.25) is 5.91 Å². The predicted molar refractivity (Wildman–Crippen MR) is 78.3 cm³/mol. The highest BCUT2D eigenvalue weighted by atomic mass is 32.1. The number of nitrogens with one attached hydrogen (secondary N) is 1. The molecular formula is C14H20N2OS. The van der Waals surface area contributed by atoms with Gasteiger partial charge in [-0.3, -0.25) is 4.79 Å². The van der Waals surface area contributed by atoms with Gasteiger partial charge in [-0.25, -0.2) is 0 Å². The molecule has 3 nitrogen and oxygen atoms in total. The minimum Gasteiger partial charge on any atom is -0.393 e. The Labute approximate surface area is 114 Å². The van der Waals surface area contributed by atoms with E-state index in [0.29, 0.717) is 13.0 Å². The molecule has 0 aromatic heterocycles. The number of amides is 1. The summed E-state index contributed by atoms with van der Waals surface area (Å²) in [7, 11) is 0. The van der Waals surface area contributed by atoms with Gasteiger partial charge in [-0.15, -0.1) is 0 Å². The van der Waals surface area contributed by atoms with E-state index in [1.165, 1.54) is 5.56 Å². The summed E-state index contributed by atoms with van der Waals surface area (Å²) in [5.41, 5.74) is 6.79. The second-order valence-electron chi connectivity index (χ2n) is 4.27. The average Bonchev–Trinajstić information content (AvgIpc) is 2.36. The average molecular weight is 264 g/mol. The van der Waals surface area contributed by atoms with E-state index >= 15 is 0 Å². The Bertz CT molecular complexity index is 392. The molecule has 1 aromatic rings. The van der Waals surface area contributed by atoms with E-state index in [1.807, 2.05) is 37.3 Å². The van der Waals surface area contributed by atoms with Crippen molar-refractivity contribution in [2.45, 2.75) is 26.2 Å². The van der Waals surface area contributed by atoms with Crippen LogP contribution in [0.4, 0.5) is 0 Å². The topological polar surface area (TPSA) is 55.1 Å². The van der Waals surface area contributed by atoms with E-state index < -0.39 is 0 Å². The molecule has 0 aliphatic heterocycles. The maximum atomic E-state index is 11.9. The van der Waals surface area contributed by atoms with E-state index in [4.69, 9.17) is 18.0 Å². The van der Waals surface area contributed by atoms with E-state index in [-0.39, 0.29) is 16.8 Å². The van der Waals surface area contributed by atoms with Crippen molar-refractivity contribution in [1.82, 2.24) is 5.32 Å². The molecule has 0 aliphatic rings. The van der Waals surface area contributed by atoms with Crippen molar-refractivity contribution in [3.63, 3.8) is 0 Å². The van der Waals surface area contributed by atoms with Crippen LogP contribution in [0.3, 0.4) is 0 Å². The summed E-state index contributed by atoms with van der Waals surface area (Å²) in [6.45, 7) is 2.63. The van der Waals surface area contributed by atoms with Gasteiger partial charge in [0, 0.05) is 6.54 Å². The zero-order valence-electron chi connectivity index (χ0n) is 10.7. The van der Waals surface area contributed by atoms with Crippen LogP contribution in [0.2, 0.25) is 0 Å². The van der Waals surface area contributed by atoms with Gasteiger partial charge < -0.3 is 11.1 Å². The van der Waals surface area contributed by atoms with Crippen molar-refractivity contribution in [3.05, 3.63) is 35.9 Å². The summed E-state index contributed by atoms with van der Waals surface area (Å²) in [4.78, 5) is 12.2. The molecule has 0 saturated carbocycles. The van der Waals surface area contributed by atoms with Crippen LogP contribution in [0.5, 0.6) is 0 Å². The Morgan fingerprint density at radius 2 is 2.06 bits per heavy atom. The maximum absolute atomic E-state index is 11.9. The molecule has 0 radical (unpaired) electrons. The second kappa shape index (κ2) is 7.82. The standard InChI is InChI=1S/C14H20N2OS/c1-2-6-12(13(15)18)14(17)16-10-9-11-7-4-3-5-8-11/h3-5,7-8,12H,2,6,9-10H2,1H3,(H2,15,18)(H,16,17). The number of nitrogens with two attached hydrogens (primary N) is 1. The summed E-state index contributed by atoms with van der Waals surface area (Å²) in [5, 5.41) is 2.89. The van der Waals surface area contributed by atoms with Crippen LogP contribution in [0.1, 0.15) is 25.3 Å². The Morgan fingerprint density at radius 1 is 1.39 bits per heavy atom. The van der Waals surface area contributed by atoms with Gasteiger partial charge in [0.05, 0.1) is 10.9 Å². The molecule has 0 saturated heterocycles. The summed E-state index contributed by atoms with van der Waals surface area (Å²) < 4.78 is 0. The van der Waals surface area contributed by atoms with Crippen LogP contribution < -0.4 is 11.1 Å². The summed E-state index contributed by atoms with van der Waals surface area (Å²) in [5.74, 6) is -0.388. The van der Waals surface area contributed by atoms with E-state index in [2.05, 4.69) is 5.32 Å². The number of hydrogen-bond acceptors (Lipinski definition) is 2. The third kappa shape index (κ3) is 4.84. The summed E-state index contributed by atoms with van der Waals surface area (Å²) >= 11 is 4.92. The molecule has 1 atom stereocenters. The first-order valence-corrected chi connectivity index (χ1v) is 6.67. The van der Waals surface area contributed by atoms with Crippen LogP contribution >= 0.6 is 12.2 Å². The van der Waals surface area contributed by atoms with Gasteiger partial charge in [0.25, 0.3) is 0 Å². The first-order valence-electron chi connectivity index (χ1n) is 6.26. The maximum Gasteiger partial charge on any atom is 0.229 e. The lowest BCUT2D eigenvalue weighted by Crippen LogP contribution is -2.38. The van der Waals surface area contributed by atoms with Crippen LogP contribution in [-0.2, 0) is 11.2 Å². The van der Waals surface area contributed by atoms with E-state index in [0.717, 1.165) is 12.8 Å². The molecule has 0 fully saturated rings. The largest absolute Gasteiger partial charge is 0.393 e. The smallest absolute Gasteiger partial charge is 0.229 e. The molecule has 0 heterocycles. The molecule has 98 valence electrons. The second-order valence-corrected chi connectivity index (χ2v) is 4.74. The van der Waals surface area contributed by atoms with Crippen molar-refractivity contribution >= 4 is 23.1 Å². The minimum atomic E-state index is -0.333. The third-order valence-electron chi connectivity index (χ3n) is 2.79. The third-order valence-corrected chi connectivity index (χ3v) is 3.08. The first kappa shape index (κ1) is 14.6. The lowest BCUT2D eigenvalue weighted by molar-refractivity contribution is -0.123. The number of carbonyl (C=O) groups is 1. The molecule has 1 unspecified atom stereocenters. The van der Waals surface area contributed by atoms with Gasteiger partial charge in [-0.05, 0) is 18.4 Å². The molecule has 0 bridgehead atoms. The number of rotatable bonds is 7. The fourth-order valence-electron chi connectivity index (χ4n) is 1.79. The Balaban J connectivity index is 2.38. The first-order chi connectivity index (χ1) is 8.65. The molecular weight excluding hydrogens is 244 g/mol. The fraction of sp³-hybridized carbons (Fsp3) is 0.429. The molecule has 0 spiro atoms. The molecule has 1 rings (SSSR count). The highest BCUT2D eigenvalue weighted by Crippen LogP contribution is 2.07. The Morgan fingerprint density at radius 3 is 2.61 bits per heavy atom. The molecule has 3 N–H and O–H groups in total. The van der Waals surface area contributed by atoms with E-state index in [1.54, 1.807) is 0 Å². The summed E-state index contributed by atoms with van der Waals surface area (Å²) in [6.07, 6.45) is 2.43. The van der Waals surface area contributed by atoms with Crippen LogP contribution in [0, 0.1) is 5.92 Å². The Hall–Kier alpha value is -1.42. The van der Waals surface area contributed by atoms with Gasteiger partial charge in [0.15, 0.2) is 0 Å². The SMILES string of the molecule is CCCC(C(=O)NCCc1ccccc1)C(N)=S. The van der Waals surface area contributed by atoms with Crippen molar-refractivity contribution in [2.24, 2.45) is 11.7 Å². The molecule has 1 aromatic carbocycles. The minimum absolute atomic E-state index is 0.0553. The molecule has 18 heavy (non-hydrogen) atoms. The van der Waals surface area contributed by atoms with Gasteiger partial charge in [0.1, 0.15) is 0 Å². The lowest BCUT2D eigenvalue weighted by atomic mass is 10.0. The van der Waals surface area contributed by atoms with Crippen LogP contribution in [0.25, 0.3) is 0 Å².